The number of carbonyl (C=O) groups excluding carboxylic acids is 1. The molecule has 7 nitrogen and oxygen atoms in total. The maximum atomic E-state index is 12.3. The third kappa shape index (κ3) is 4.83. The molecule has 0 atom stereocenters. The van der Waals surface area contributed by atoms with E-state index in [-0.39, 0.29) is 17.5 Å². The van der Waals surface area contributed by atoms with E-state index in [2.05, 4.69) is 20.5 Å². The average Bonchev–Trinajstić information content (AvgIpc) is 3.15. The summed E-state index contributed by atoms with van der Waals surface area (Å²) in [5, 5.41) is 12.6. The van der Waals surface area contributed by atoms with E-state index in [1.165, 1.54) is 18.0 Å². The first-order chi connectivity index (χ1) is 13.9. The van der Waals surface area contributed by atoms with E-state index in [1.54, 1.807) is 14.0 Å². The molecule has 1 amide bonds. The summed E-state index contributed by atoms with van der Waals surface area (Å²) in [6, 6.07) is 7.59. The van der Waals surface area contributed by atoms with Crippen LogP contribution in [0.1, 0.15) is 12.5 Å². The smallest absolute Gasteiger partial charge is 0.236 e. The van der Waals surface area contributed by atoms with Crippen LogP contribution >= 0.6 is 35.0 Å². The summed E-state index contributed by atoms with van der Waals surface area (Å²) >= 11 is 13.5. The summed E-state index contributed by atoms with van der Waals surface area (Å²) in [6.07, 6.45) is 1.46. The van der Waals surface area contributed by atoms with Crippen LogP contribution in [0.3, 0.4) is 0 Å². The van der Waals surface area contributed by atoms with Gasteiger partial charge in [-0.2, -0.15) is 0 Å². The second-order valence-electron chi connectivity index (χ2n) is 6.01. The van der Waals surface area contributed by atoms with Crippen LogP contribution < -0.4 is 10.1 Å². The van der Waals surface area contributed by atoms with Crippen molar-refractivity contribution in [2.75, 3.05) is 18.2 Å². The van der Waals surface area contributed by atoms with Gasteiger partial charge in [-0.3, -0.25) is 4.79 Å². The number of nitrogens with zero attached hydrogens (tertiary/aromatic N) is 4. The van der Waals surface area contributed by atoms with E-state index in [1.807, 2.05) is 35.8 Å². The monoisotopic (exact) mass is 451 g/mol. The minimum absolute atomic E-state index is 0.139. The Balaban J connectivity index is 1.70. The fourth-order valence-electron chi connectivity index (χ4n) is 2.58. The highest BCUT2D eigenvalue weighted by Crippen LogP contribution is 2.29. The zero-order chi connectivity index (χ0) is 21.0. The Morgan fingerprint density at radius 2 is 1.97 bits per heavy atom. The first kappa shape index (κ1) is 21.4. The van der Waals surface area contributed by atoms with Crippen LogP contribution in [0.25, 0.3) is 11.4 Å². The second kappa shape index (κ2) is 9.47. The fourth-order valence-corrected chi connectivity index (χ4v) is 3.77. The Morgan fingerprint density at radius 3 is 2.62 bits per heavy atom. The lowest BCUT2D eigenvalue weighted by Crippen LogP contribution is -2.16. The lowest BCUT2D eigenvalue weighted by molar-refractivity contribution is -0.113. The van der Waals surface area contributed by atoms with Crippen molar-refractivity contribution >= 4 is 46.7 Å². The summed E-state index contributed by atoms with van der Waals surface area (Å²) in [4.78, 5) is 16.4. The number of methoxy groups -OCH3 is 1. The zero-order valence-electron chi connectivity index (χ0n) is 16.1. The molecule has 0 saturated heterocycles. The van der Waals surface area contributed by atoms with Gasteiger partial charge in [0.2, 0.25) is 5.91 Å². The largest absolute Gasteiger partial charge is 0.497 e. The Morgan fingerprint density at radius 1 is 1.24 bits per heavy atom. The predicted octanol–water partition coefficient (Wildman–Crippen LogP) is 4.71. The van der Waals surface area contributed by atoms with E-state index in [0.717, 1.165) is 17.1 Å². The molecule has 0 aliphatic heterocycles. The van der Waals surface area contributed by atoms with Crippen LogP contribution in [-0.4, -0.2) is 38.5 Å². The summed E-state index contributed by atoms with van der Waals surface area (Å²) in [7, 11) is 1.62. The molecule has 0 radical (unpaired) electrons. The Kier molecular flexibility index (Phi) is 7.00. The molecule has 0 fully saturated rings. The van der Waals surface area contributed by atoms with E-state index < -0.39 is 0 Å². The highest BCUT2D eigenvalue weighted by molar-refractivity contribution is 7.99. The molecule has 10 heteroatoms. The van der Waals surface area contributed by atoms with Gasteiger partial charge in [0.1, 0.15) is 5.75 Å². The van der Waals surface area contributed by atoms with Gasteiger partial charge in [0, 0.05) is 18.3 Å². The number of anilines is 1. The lowest BCUT2D eigenvalue weighted by Gasteiger charge is -2.10. The van der Waals surface area contributed by atoms with Gasteiger partial charge < -0.3 is 14.6 Å². The molecular weight excluding hydrogens is 433 g/mol. The molecule has 0 aliphatic rings. The van der Waals surface area contributed by atoms with Gasteiger partial charge in [0.15, 0.2) is 16.8 Å². The van der Waals surface area contributed by atoms with E-state index in [4.69, 9.17) is 27.9 Å². The zero-order valence-corrected chi connectivity index (χ0v) is 18.4. The van der Waals surface area contributed by atoms with Gasteiger partial charge in [-0.1, -0.05) is 35.0 Å². The van der Waals surface area contributed by atoms with Gasteiger partial charge in [-0.15, -0.1) is 10.2 Å². The van der Waals surface area contributed by atoms with Crippen molar-refractivity contribution in [3.8, 4) is 17.1 Å². The lowest BCUT2D eigenvalue weighted by atomic mass is 10.2. The van der Waals surface area contributed by atoms with Crippen molar-refractivity contribution in [3.05, 3.63) is 46.1 Å². The average molecular weight is 452 g/mol. The van der Waals surface area contributed by atoms with Gasteiger partial charge in [0.05, 0.1) is 22.9 Å². The van der Waals surface area contributed by atoms with E-state index >= 15 is 0 Å². The van der Waals surface area contributed by atoms with Crippen molar-refractivity contribution < 1.29 is 9.53 Å². The predicted molar refractivity (Wildman–Crippen MR) is 116 cm³/mol. The number of halogens is 2. The molecule has 0 saturated carbocycles. The molecule has 3 aromatic rings. The molecule has 3 rings (SSSR count). The number of thioether (sulfide) groups is 1. The van der Waals surface area contributed by atoms with Gasteiger partial charge >= 0.3 is 0 Å². The number of amides is 1. The standard InChI is InChI=1S/C19H19Cl2N5O2S/c1-4-26-18(12-5-7-13(28-3)8-6-12)24-25-19(26)29-10-15(27)23-17-16(21)11(2)14(20)9-22-17/h5-9H,4,10H2,1-3H3,(H,22,23,27). The molecule has 0 spiro atoms. The van der Waals surface area contributed by atoms with Gasteiger partial charge in [0.25, 0.3) is 0 Å². The van der Waals surface area contributed by atoms with E-state index in [0.29, 0.717) is 27.3 Å². The van der Waals surface area contributed by atoms with Gasteiger partial charge in [-0.25, -0.2) is 4.98 Å². The van der Waals surface area contributed by atoms with Crippen molar-refractivity contribution in [3.63, 3.8) is 0 Å². The molecule has 29 heavy (non-hydrogen) atoms. The molecule has 1 N–H and O–H groups in total. The van der Waals surface area contributed by atoms with Crippen molar-refractivity contribution in [1.29, 1.82) is 0 Å². The number of ether oxygens (including phenoxy) is 1. The van der Waals surface area contributed by atoms with Crippen LogP contribution in [0.5, 0.6) is 5.75 Å². The quantitative estimate of drug-likeness (QED) is 0.523. The summed E-state index contributed by atoms with van der Waals surface area (Å²) in [6.45, 7) is 4.43. The highest BCUT2D eigenvalue weighted by atomic mass is 35.5. The van der Waals surface area contributed by atoms with Crippen molar-refractivity contribution in [1.82, 2.24) is 19.7 Å². The molecule has 2 aromatic heterocycles. The highest BCUT2D eigenvalue weighted by Gasteiger charge is 2.16. The molecule has 0 bridgehead atoms. The number of pyridine rings is 1. The normalized spacial score (nSPS) is 10.8. The maximum Gasteiger partial charge on any atom is 0.236 e. The summed E-state index contributed by atoms with van der Waals surface area (Å²) in [5.41, 5.74) is 1.59. The SMILES string of the molecule is CCn1c(SCC(=O)Nc2ncc(Cl)c(C)c2Cl)nnc1-c1ccc(OC)cc1. The van der Waals surface area contributed by atoms with Crippen LogP contribution in [0, 0.1) is 6.92 Å². The van der Waals surface area contributed by atoms with E-state index in [9.17, 15) is 4.79 Å². The second-order valence-corrected chi connectivity index (χ2v) is 7.74. The minimum Gasteiger partial charge on any atom is -0.497 e. The molecule has 2 heterocycles. The number of nitrogens with one attached hydrogen (secondary N) is 1. The first-order valence-electron chi connectivity index (χ1n) is 8.75. The van der Waals surface area contributed by atoms with Crippen LogP contribution in [0.2, 0.25) is 10.0 Å². The topological polar surface area (TPSA) is 81.9 Å². The van der Waals surface area contributed by atoms with Crippen LogP contribution in [0.15, 0.2) is 35.6 Å². The molecular formula is C19H19Cl2N5O2S. The number of rotatable bonds is 7. The molecule has 152 valence electrons. The van der Waals surface area contributed by atoms with Crippen LogP contribution in [0.4, 0.5) is 5.82 Å². The van der Waals surface area contributed by atoms with Crippen LogP contribution in [-0.2, 0) is 11.3 Å². The number of benzene rings is 1. The molecule has 0 unspecified atom stereocenters. The van der Waals surface area contributed by atoms with Crippen molar-refractivity contribution in [2.24, 2.45) is 0 Å². The Labute approximate surface area is 182 Å². The number of carbonyl (C=O) groups is 1. The molecule has 1 aromatic carbocycles. The summed E-state index contributed by atoms with van der Waals surface area (Å²) in [5.74, 6) is 1.68. The Hall–Kier alpha value is -2.29. The van der Waals surface area contributed by atoms with Gasteiger partial charge in [-0.05, 0) is 43.7 Å². The first-order valence-corrected chi connectivity index (χ1v) is 10.5. The fraction of sp³-hybridized carbons (Fsp3) is 0.263. The number of aromatic nitrogens is 4. The third-order valence-electron chi connectivity index (χ3n) is 4.17. The number of hydrogen-bond donors (Lipinski definition) is 1. The third-order valence-corrected chi connectivity index (χ3v) is 5.98. The number of hydrogen-bond acceptors (Lipinski definition) is 6. The minimum atomic E-state index is -0.247. The summed E-state index contributed by atoms with van der Waals surface area (Å²) < 4.78 is 7.15. The molecule has 0 aliphatic carbocycles. The maximum absolute atomic E-state index is 12.3. The van der Waals surface area contributed by atoms with Crippen molar-refractivity contribution in [2.45, 2.75) is 25.5 Å². The Bertz CT molecular complexity index is 1020.